The lowest BCUT2D eigenvalue weighted by atomic mass is 9.80. The number of fused-ring (bicyclic) bond motifs is 3. The van der Waals surface area contributed by atoms with Crippen LogP contribution in [0.4, 0.5) is 4.79 Å². The van der Waals surface area contributed by atoms with E-state index < -0.39 is 11.8 Å². The number of aromatic nitrogens is 5. The van der Waals surface area contributed by atoms with E-state index in [1.807, 2.05) is 31.3 Å². The minimum atomic E-state index is -0.753. The SMILES string of the molecule is Cc1cncc(C2CCC(c3nnc4n3-c3ccc(Cl)cc3CN(OC(=O)OC(C)(C)C)C4)CC2)n1. The minimum Gasteiger partial charge on any atom is -0.427 e. The average molecular weight is 511 g/mol. The summed E-state index contributed by atoms with van der Waals surface area (Å²) in [5.41, 5.74) is 3.25. The maximum absolute atomic E-state index is 12.4. The Kier molecular flexibility index (Phi) is 6.70. The first-order valence-corrected chi connectivity index (χ1v) is 12.7. The fourth-order valence-electron chi connectivity index (χ4n) is 5.03. The van der Waals surface area contributed by atoms with E-state index in [0.29, 0.717) is 23.3 Å². The number of nitrogens with zero attached hydrogens (tertiary/aromatic N) is 6. The van der Waals surface area contributed by atoms with Gasteiger partial charge >= 0.3 is 6.16 Å². The standard InChI is InChI=1S/C26H31ClN6O3/c1-16-12-28-13-21(29-16)17-5-7-18(8-6-17)24-31-30-23-15-32(36-25(34)35-26(2,3)4)14-19-11-20(27)9-10-22(19)33(23)24/h9-13,17-18H,5-8,14-15H2,1-4H3. The van der Waals surface area contributed by atoms with E-state index in [4.69, 9.17) is 26.2 Å². The van der Waals surface area contributed by atoms with Gasteiger partial charge in [-0.05, 0) is 77.1 Å². The second kappa shape index (κ2) is 9.78. The topological polar surface area (TPSA) is 95.3 Å². The number of carbonyl (C=O) groups is 1. The Hall–Kier alpha value is -3.04. The first kappa shape index (κ1) is 24.6. The van der Waals surface area contributed by atoms with E-state index in [0.717, 1.165) is 54.1 Å². The third kappa shape index (κ3) is 5.37. The monoisotopic (exact) mass is 510 g/mol. The third-order valence-electron chi connectivity index (χ3n) is 6.58. The van der Waals surface area contributed by atoms with Crippen LogP contribution in [0.5, 0.6) is 0 Å². The molecule has 2 aromatic heterocycles. The molecule has 0 N–H and O–H groups in total. The molecule has 3 aromatic rings. The number of carbonyl (C=O) groups excluding carboxylic acids is 1. The smallest absolute Gasteiger partial charge is 0.427 e. The van der Waals surface area contributed by atoms with E-state index >= 15 is 0 Å². The van der Waals surface area contributed by atoms with Crippen LogP contribution in [0.25, 0.3) is 5.69 Å². The first-order valence-electron chi connectivity index (χ1n) is 12.3. The van der Waals surface area contributed by atoms with Gasteiger partial charge in [0, 0.05) is 29.3 Å². The first-order chi connectivity index (χ1) is 17.2. The zero-order valence-electron chi connectivity index (χ0n) is 21.1. The molecule has 1 fully saturated rings. The zero-order valence-corrected chi connectivity index (χ0v) is 21.8. The van der Waals surface area contributed by atoms with Crippen molar-refractivity contribution < 1.29 is 14.4 Å². The molecule has 0 saturated heterocycles. The predicted octanol–water partition coefficient (Wildman–Crippen LogP) is 5.64. The number of hydroxylamine groups is 2. The van der Waals surface area contributed by atoms with Gasteiger partial charge in [-0.1, -0.05) is 11.6 Å². The number of ether oxygens (including phenoxy) is 1. The van der Waals surface area contributed by atoms with E-state index in [1.54, 1.807) is 32.0 Å². The minimum absolute atomic E-state index is 0.266. The molecule has 1 aliphatic carbocycles. The van der Waals surface area contributed by atoms with Gasteiger partial charge in [0.05, 0.1) is 30.2 Å². The van der Waals surface area contributed by atoms with Crippen LogP contribution in [0.2, 0.25) is 5.02 Å². The van der Waals surface area contributed by atoms with Crippen molar-refractivity contribution in [2.24, 2.45) is 0 Å². The molecule has 0 bridgehead atoms. The number of hydrogen-bond donors (Lipinski definition) is 0. The van der Waals surface area contributed by atoms with Crippen molar-refractivity contribution in [3.8, 4) is 5.69 Å². The normalized spacial score (nSPS) is 20.2. The maximum Gasteiger partial charge on any atom is 0.528 e. The van der Waals surface area contributed by atoms with Crippen LogP contribution >= 0.6 is 11.6 Å². The van der Waals surface area contributed by atoms with Crippen LogP contribution in [0, 0.1) is 6.92 Å². The summed E-state index contributed by atoms with van der Waals surface area (Å²) in [5.74, 6) is 2.31. The number of rotatable bonds is 3. The lowest BCUT2D eigenvalue weighted by Crippen LogP contribution is -2.31. The highest BCUT2D eigenvalue weighted by Crippen LogP contribution is 2.41. The Morgan fingerprint density at radius 1 is 1.06 bits per heavy atom. The Balaban J connectivity index is 1.40. The van der Waals surface area contributed by atoms with Gasteiger partial charge in [-0.2, -0.15) is 0 Å². The predicted molar refractivity (Wildman–Crippen MR) is 134 cm³/mol. The van der Waals surface area contributed by atoms with Gasteiger partial charge in [0.1, 0.15) is 11.4 Å². The molecule has 1 saturated carbocycles. The number of halogens is 1. The summed E-state index contributed by atoms with van der Waals surface area (Å²) in [4.78, 5) is 27.0. The molecule has 0 unspecified atom stereocenters. The Morgan fingerprint density at radius 2 is 1.81 bits per heavy atom. The van der Waals surface area contributed by atoms with Crippen molar-refractivity contribution in [3.05, 3.63) is 64.2 Å². The summed E-state index contributed by atoms with van der Waals surface area (Å²) in [6, 6.07) is 5.75. The van der Waals surface area contributed by atoms with Crippen molar-refractivity contribution in [1.29, 1.82) is 0 Å². The lowest BCUT2D eigenvalue weighted by molar-refractivity contribution is -0.155. The van der Waals surface area contributed by atoms with E-state index in [1.165, 1.54) is 0 Å². The second-order valence-electron chi connectivity index (χ2n) is 10.6. The van der Waals surface area contributed by atoms with Crippen molar-refractivity contribution in [3.63, 3.8) is 0 Å². The Labute approximate surface area is 215 Å². The molecule has 1 aliphatic heterocycles. The molecule has 2 aliphatic rings. The fraction of sp³-hybridized carbons (Fsp3) is 0.500. The molecule has 10 heteroatoms. The highest BCUT2D eigenvalue weighted by Gasteiger charge is 2.32. The molecular weight excluding hydrogens is 480 g/mol. The van der Waals surface area contributed by atoms with Crippen molar-refractivity contribution in [2.45, 2.75) is 83.9 Å². The van der Waals surface area contributed by atoms with Crippen molar-refractivity contribution in [1.82, 2.24) is 29.8 Å². The molecule has 9 nitrogen and oxygen atoms in total. The van der Waals surface area contributed by atoms with E-state index in [2.05, 4.69) is 19.7 Å². The molecule has 36 heavy (non-hydrogen) atoms. The number of benzene rings is 1. The summed E-state index contributed by atoms with van der Waals surface area (Å²) < 4.78 is 7.47. The van der Waals surface area contributed by atoms with Gasteiger partial charge in [-0.15, -0.1) is 15.3 Å². The molecule has 0 atom stereocenters. The summed E-state index contributed by atoms with van der Waals surface area (Å²) >= 11 is 6.34. The quantitative estimate of drug-likeness (QED) is 0.417. The lowest BCUT2D eigenvalue weighted by Gasteiger charge is -2.28. The summed E-state index contributed by atoms with van der Waals surface area (Å²) in [6.07, 6.45) is 6.94. The number of aryl methyl sites for hydroxylation is 1. The van der Waals surface area contributed by atoms with Gasteiger partial charge in [0.15, 0.2) is 5.82 Å². The van der Waals surface area contributed by atoms with Crippen LogP contribution in [-0.2, 0) is 22.7 Å². The maximum atomic E-state index is 12.4. The average Bonchev–Trinajstić information content (AvgIpc) is 3.14. The highest BCUT2D eigenvalue weighted by atomic mass is 35.5. The van der Waals surface area contributed by atoms with Crippen molar-refractivity contribution in [2.75, 3.05) is 0 Å². The van der Waals surface area contributed by atoms with Crippen LogP contribution in [0.3, 0.4) is 0 Å². The fourth-order valence-corrected chi connectivity index (χ4v) is 5.22. The van der Waals surface area contributed by atoms with E-state index in [-0.39, 0.29) is 12.5 Å². The molecule has 190 valence electrons. The zero-order chi connectivity index (χ0) is 25.4. The summed E-state index contributed by atoms with van der Waals surface area (Å²) in [5, 5.41) is 11.3. The van der Waals surface area contributed by atoms with Crippen molar-refractivity contribution >= 4 is 17.8 Å². The number of hydrogen-bond acceptors (Lipinski definition) is 8. The van der Waals surface area contributed by atoms with E-state index in [9.17, 15) is 4.79 Å². The molecule has 0 amide bonds. The molecule has 0 spiro atoms. The Bertz CT molecular complexity index is 1260. The Morgan fingerprint density at radius 3 is 2.53 bits per heavy atom. The van der Waals surface area contributed by atoms with Crippen LogP contribution in [0.1, 0.15) is 86.9 Å². The van der Waals surface area contributed by atoms with Gasteiger partial charge < -0.3 is 9.57 Å². The summed E-state index contributed by atoms with van der Waals surface area (Å²) in [6.45, 7) is 8.02. The van der Waals surface area contributed by atoms with Gasteiger partial charge in [0.2, 0.25) is 0 Å². The molecule has 1 aromatic carbocycles. The third-order valence-corrected chi connectivity index (χ3v) is 6.81. The largest absolute Gasteiger partial charge is 0.528 e. The molecule has 3 heterocycles. The van der Waals surface area contributed by atoms with Gasteiger partial charge in [0.25, 0.3) is 0 Å². The van der Waals surface area contributed by atoms with Crippen LogP contribution in [0.15, 0.2) is 30.6 Å². The molecule has 0 radical (unpaired) electrons. The molecular formula is C26H31ClN6O3. The second-order valence-corrected chi connectivity index (χ2v) is 11.0. The van der Waals surface area contributed by atoms with Gasteiger partial charge in [-0.25, -0.2) is 4.79 Å². The van der Waals surface area contributed by atoms with Crippen LogP contribution < -0.4 is 0 Å². The molecule has 5 rings (SSSR count). The van der Waals surface area contributed by atoms with Crippen LogP contribution in [-0.4, -0.2) is 41.6 Å². The summed E-state index contributed by atoms with van der Waals surface area (Å²) in [7, 11) is 0. The van der Waals surface area contributed by atoms with Gasteiger partial charge in [-0.3, -0.25) is 14.5 Å². The highest BCUT2D eigenvalue weighted by molar-refractivity contribution is 6.30.